The molecule has 0 aliphatic carbocycles. The number of nitrogens with two attached hydrogens (primary N) is 1. The van der Waals surface area contributed by atoms with E-state index in [4.69, 9.17) is 10.5 Å². The average Bonchev–Trinajstić information content (AvgIpc) is 2.38. The first-order chi connectivity index (χ1) is 8.27. The fourth-order valence-electron chi connectivity index (χ4n) is 1.98. The van der Waals surface area contributed by atoms with E-state index in [2.05, 4.69) is 5.32 Å². The quantitative estimate of drug-likeness (QED) is 0.775. The van der Waals surface area contributed by atoms with Gasteiger partial charge in [0.2, 0.25) is 5.91 Å². The highest BCUT2D eigenvalue weighted by atomic mass is 16.5. The lowest BCUT2D eigenvalue weighted by atomic mass is 9.99. The smallest absolute Gasteiger partial charge is 0.223 e. The molecule has 0 bridgehead atoms. The van der Waals surface area contributed by atoms with Crippen LogP contribution in [0.25, 0.3) is 0 Å². The molecule has 0 aromatic heterocycles. The number of carbonyl (C=O) groups is 1. The van der Waals surface area contributed by atoms with Gasteiger partial charge in [-0.25, -0.2) is 0 Å². The van der Waals surface area contributed by atoms with E-state index < -0.39 is 0 Å². The van der Waals surface area contributed by atoms with Crippen LogP contribution in [0.3, 0.4) is 0 Å². The van der Waals surface area contributed by atoms with E-state index >= 15 is 0 Å². The van der Waals surface area contributed by atoms with Crippen LogP contribution in [0, 0.1) is 5.92 Å². The molecule has 2 rings (SSSR count). The van der Waals surface area contributed by atoms with Crippen molar-refractivity contribution in [2.24, 2.45) is 5.92 Å². The van der Waals surface area contributed by atoms with Gasteiger partial charge >= 0.3 is 0 Å². The summed E-state index contributed by atoms with van der Waals surface area (Å²) in [7, 11) is 0. The molecule has 1 aromatic rings. The molecule has 92 valence electrons. The molecule has 1 fully saturated rings. The SMILES string of the molecule is Nc1ccccc1CNC(=O)C1CCOCC1. The van der Waals surface area contributed by atoms with Crippen molar-refractivity contribution in [3.8, 4) is 0 Å². The lowest BCUT2D eigenvalue weighted by molar-refractivity contribution is -0.128. The van der Waals surface area contributed by atoms with Gasteiger partial charge in [-0.3, -0.25) is 4.79 Å². The molecule has 1 heterocycles. The first kappa shape index (κ1) is 11.9. The second kappa shape index (κ2) is 5.68. The number of nitrogen functional groups attached to an aromatic ring is 1. The first-order valence-electron chi connectivity index (χ1n) is 5.96. The Morgan fingerprint density at radius 3 is 2.76 bits per heavy atom. The maximum absolute atomic E-state index is 11.9. The fourth-order valence-corrected chi connectivity index (χ4v) is 1.98. The van der Waals surface area contributed by atoms with Crippen LogP contribution in [0.2, 0.25) is 0 Å². The van der Waals surface area contributed by atoms with Crippen LogP contribution in [-0.2, 0) is 16.1 Å². The molecular formula is C13H18N2O2. The molecule has 4 nitrogen and oxygen atoms in total. The highest BCUT2D eigenvalue weighted by molar-refractivity contribution is 5.78. The minimum atomic E-state index is 0.0914. The molecule has 0 spiro atoms. The summed E-state index contributed by atoms with van der Waals surface area (Å²) in [5, 5.41) is 2.94. The zero-order valence-electron chi connectivity index (χ0n) is 9.82. The summed E-state index contributed by atoms with van der Waals surface area (Å²) in [5.41, 5.74) is 7.50. The molecule has 1 aromatic carbocycles. The van der Waals surface area contributed by atoms with Crippen molar-refractivity contribution in [1.29, 1.82) is 0 Å². The molecular weight excluding hydrogens is 216 g/mol. The van der Waals surface area contributed by atoms with Crippen molar-refractivity contribution < 1.29 is 9.53 Å². The molecule has 0 saturated carbocycles. The first-order valence-corrected chi connectivity index (χ1v) is 5.96. The van der Waals surface area contributed by atoms with Crippen molar-refractivity contribution in [2.45, 2.75) is 19.4 Å². The molecule has 1 amide bonds. The van der Waals surface area contributed by atoms with E-state index in [0.29, 0.717) is 19.8 Å². The third-order valence-corrected chi connectivity index (χ3v) is 3.10. The van der Waals surface area contributed by atoms with Crippen LogP contribution in [0.5, 0.6) is 0 Å². The van der Waals surface area contributed by atoms with Crippen molar-refractivity contribution in [3.63, 3.8) is 0 Å². The molecule has 0 unspecified atom stereocenters. The van der Waals surface area contributed by atoms with Crippen molar-refractivity contribution in [3.05, 3.63) is 29.8 Å². The number of hydrogen-bond donors (Lipinski definition) is 2. The minimum Gasteiger partial charge on any atom is -0.398 e. The van der Waals surface area contributed by atoms with Gasteiger partial charge in [0.15, 0.2) is 0 Å². The van der Waals surface area contributed by atoms with Crippen LogP contribution in [0.15, 0.2) is 24.3 Å². The number of amides is 1. The van der Waals surface area contributed by atoms with Gasteiger partial charge in [-0.2, -0.15) is 0 Å². The fraction of sp³-hybridized carbons (Fsp3) is 0.462. The molecule has 0 radical (unpaired) electrons. The Labute approximate surface area is 101 Å². The number of hydrogen-bond acceptors (Lipinski definition) is 3. The number of nitrogens with one attached hydrogen (secondary N) is 1. The second-order valence-corrected chi connectivity index (χ2v) is 4.30. The molecule has 3 N–H and O–H groups in total. The Hall–Kier alpha value is -1.55. The molecule has 4 heteroatoms. The highest BCUT2D eigenvalue weighted by Gasteiger charge is 2.21. The van der Waals surface area contributed by atoms with Crippen LogP contribution in [0.4, 0.5) is 5.69 Å². The van der Waals surface area contributed by atoms with E-state index in [0.717, 1.165) is 24.1 Å². The van der Waals surface area contributed by atoms with Crippen molar-refractivity contribution in [2.75, 3.05) is 18.9 Å². The van der Waals surface area contributed by atoms with E-state index in [9.17, 15) is 4.79 Å². The molecule has 17 heavy (non-hydrogen) atoms. The number of rotatable bonds is 3. The van der Waals surface area contributed by atoms with Crippen LogP contribution in [0.1, 0.15) is 18.4 Å². The zero-order valence-corrected chi connectivity index (χ0v) is 9.82. The van der Waals surface area contributed by atoms with E-state index in [1.807, 2.05) is 24.3 Å². The number of para-hydroxylation sites is 1. The summed E-state index contributed by atoms with van der Waals surface area (Å²) in [5.74, 6) is 0.199. The van der Waals surface area contributed by atoms with E-state index in [-0.39, 0.29) is 11.8 Å². The Bertz CT molecular complexity index is 387. The summed E-state index contributed by atoms with van der Waals surface area (Å²) >= 11 is 0. The minimum absolute atomic E-state index is 0.0914. The molecule has 0 atom stereocenters. The third-order valence-electron chi connectivity index (χ3n) is 3.10. The molecule has 1 aliphatic heterocycles. The van der Waals surface area contributed by atoms with Crippen molar-refractivity contribution in [1.82, 2.24) is 5.32 Å². The van der Waals surface area contributed by atoms with Gasteiger partial charge in [-0.1, -0.05) is 18.2 Å². The van der Waals surface area contributed by atoms with Gasteiger partial charge in [0.25, 0.3) is 0 Å². The average molecular weight is 234 g/mol. The second-order valence-electron chi connectivity index (χ2n) is 4.30. The summed E-state index contributed by atoms with van der Waals surface area (Å²) < 4.78 is 5.23. The zero-order chi connectivity index (χ0) is 12.1. The predicted octanol–water partition coefficient (Wildman–Crippen LogP) is 1.31. The Morgan fingerprint density at radius 1 is 1.35 bits per heavy atom. The Morgan fingerprint density at radius 2 is 2.06 bits per heavy atom. The van der Waals surface area contributed by atoms with Crippen LogP contribution in [-0.4, -0.2) is 19.1 Å². The summed E-state index contributed by atoms with van der Waals surface area (Å²) in [6.45, 7) is 1.87. The standard InChI is InChI=1S/C13H18N2O2/c14-12-4-2-1-3-11(12)9-15-13(16)10-5-7-17-8-6-10/h1-4,10H,5-9,14H2,(H,15,16). The third kappa shape index (κ3) is 3.20. The predicted molar refractivity (Wildman–Crippen MR) is 66.2 cm³/mol. The van der Waals surface area contributed by atoms with Gasteiger partial charge in [0.05, 0.1) is 0 Å². The van der Waals surface area contributed by atoms with Gasteiger partial charge < -0.3 is 15.8 Å². The Kier molecular flexibility index (Phi) is 3.98. The van der Waals surface area contributed by atoms with Gasteiger partial charge in [0, 0.05) is 31.4 Å². The van der Waals surface area contributed by atoms with Gasteiger partial charge in [-0.05, 0) is 24.5 Å². The van der Waals surface area contributed by atoms with Crippen LogP contribution >= 0.6 is 0 Å². The van der Waals surface area contributed by atoms with Crippen molar-refractivity contribution >= 4 is 11.6 Å². The molecule has 1 aliphatic rings. The summed E-state index contributed by atoms with van der Waals surface area (Å²) in [6, 6.07) is 7.58. The molecule has 1 saturated heterocycles. The maximum atomic E-state index is 11.9. The normalized spacial score (nSPS) is 16.7. The van der Waals surface area contributed by atoms with E-state index in [1.54, 1.807) is 0 Å². The highest BCUT2D eigenvalue weighted by Crippen LogP contribution is 2.15. The van der Waals surface area contributed by atoms with E-state index in [1.165, 1.54) is 0 Å². The van der Waals surface area contributed by atoms with Gasteiger partial charge in [-0.15, -0.1) is 0 Å². The monoisotopic (exact) mass is 234 g/mol. The number of benzene rings is 1. The number of carbonyl (C=O) groups excluding carboxylic acids is 1. The maximum Gasteiger partial charge on any atom is 0.223 e. The van der Waals surface area contributed by atoms with Gasteiger partial charge in [0.1, 0.15) is 0 Å². The summed E-state index contributed by atoms with van der Waals surface area (Å²) in [6.07, 6.45) is 1.63. The lowest BCUT2D eigenvalue weighted by Crippen LogP contribution is -2.34. The topological polar surface area (TPSA) is 64.3 Å². The lowest BCUT2D eigenvalue weighted by Gasteiger charge is -2.21. The summed E-state index contributed by atoms with van der Waals surface area (Å²) in [4.78, 5) is 11.9. The largest absolute Gasteiger partial charge is 0.398 e. The number of anilines is 1. The van der Waals surface area contributed by atoms with Crippen LogP contribution < -0.4 is 11.1 Å². The number of ether oxygens (including phenoxy) is 1. The Balaban J connectivity index is 1.85.